The Morgan fingerprint density at radius 3 is 2.83 bits per heavy atom. The quantitative estimate of drug-likeness (QED) is 0.924. The second-order valence-electron chi connectivity index (χ2n) is 3.95. The van der Waals surface area contributed by atoms with Crippen LogP contribution in [0.1, 0.15) is 17.1 Å². The molecule has 0 atom stereocenters. The molecule has 3 nitrogen and oxygen atoms in total. The summed E-state index contributed by atoms with van der Waals surface area (Å²) in [5.74, 6) is 0.353. The second kappa shape index (κ2) is 5.89. The van der Waals surface area contributed by atoms with Gasteiger partial charge in [-0.1, -0.05) is 17.7 Å². The van der Waals surface area contributed by atoms with Gasteiger partial charge in [-0.15, -0.1) is 0 Å². The molecule has 0 unspecified atom stereocenters. The number of nitrogens with zero attached hydrogens (tertiary/aromatic N) is 2. The van der Waals surface area contributed by atoms with Gasteiger partial charge in [0, 0.05) is 19.3 Å². The number of rotatable bonds is 4. The average Bonchev–Trinajstić information content (AvgIpc) is 2.34. The highest BCUT2D eigenvalue weighted by atomic mass is 35.5. The Labute approximate surface area is 110 Å². The van der Waals surface area contributed by atoms with Crippen LogP contribution in [0.3, 0.4) is 0 Å². The molecule has 0 amide bonds. The van der Waals surface area contributed by atoms with Crippen LogP contribution in [0.25, 0.3) is 0 Å². The lowest BCUT2D eigenvalue weighted by Gasteiger charge is -2.05. The minimum atomic E-state index is -0.396. The third kappa shape index (κ3) is 3.48. The molecular weight excluding hydrogens is 253 g/mol. The van der Waals surface area contributed by atoms with Gasteiger partial charge in [-0.05, 0) is 30.7 Å². The van der Waals surface area contributed by atoms with Crippen LogP contribution < -0.4 is 5.32 Å². The fourth-order valence-electron chi connectivity index (χ4n) is 1.59. The summed E-state index contributed by atoms with van der Waals surface area (Å²) in [6.45, 7) is 3.10. The molecule has 1 aromatic heterocycles. The fourth-order valence-corrected chi connectivity index (χ4v) is 1.79. The van der Waals surface area contributed by atoms with E-state index in [-0.39, 0.29) is 5.02 Å². The summed E-state index contributed by atoms with van der Waals surface area (Å²) in [4.78, 5) is 8.31. The van der Waals surface area contributed by atoms with Crippen LogP contribution >= 0.6 is 11.6 Å². The zero-order valence-electron chi connectivity index (χ0n) is 9.95. The van der Waals surface area contributed by atoms with Crippen molar-refractivity contribution in [1.82, 2.24) is 15.3 Å². The highest BCUT2D eigenvalue weighted by molar-refractivity contribution is 6.30. The minimum absolute atomic E-state index is 0.146. The first-order valence-corrected chi connectivity index (χ1v) is 5.96. The zero-order valence-corrected chi connectivity index (χ0v) is 10.7. The van der Waals surface area contributed by atoms with Crippen molar-refractivity contribution in [3.05, 3.63) is 58.4 Å². The van der Waals surface area contributed by atoms with Crippen LogP contribution in [0.2, 0.25) is 5.02 Å². The predicted octanol–water partition coefficient (Wildman–Crippen LogP) is 2.87. The topological polar surface area (TPSA) is 37.8 Å². The van der Waals surface area contributed by atoms with E-state index in [1.165, 1.54) is 6.07 Å². The number of hydrogen-bond donors (Lipinski definition) is 1. The Bertz CT molecular complexity index is 546. The number of hydrogen-bond acceptors (Lipinski definition) is 3. The van der Waals surface area contributed by atoms with E-state index in [0.717, 1.165) is 17.1 Å². The van der Waals surface area contributed by atoms with E-state index in [4.69, 9.17) is 11.6 Å². The molecule has 0 aliphatic rings. The summed E-state index contributed by atoms with van der Waals surface area (Å²) in [6, 6.07) is 6.56. The van der Waals surface area contributed by atoms with E-state index < -0.39 is 5.82 Å². The third-order valence-electron chi connectivity index (χ3n) is 2.45. The van der Waals surface area contributed by atoms with Crippen LogP contribution in [0, 0.1) is 12.7 Å². The molecule has 94 valence electrons. The third-order valence-corrected chi connectivity index (χ3v) is 2.74. The van der Waals surface area contributed by atoms with Crippen molar-refractivity contribution in [2.24, 2.45) is 0 Å². The Morgan fingerprint density at radius 2 is 2.11 bits per heavy atom. The van der Waals surface area contributed by atoms with Gasteiger partial charge in [-0.25, -0.2) is 14.4 Å². The number of halogens is 2. The second-order valence-corrected chi connectivity index (χ2v) is 4.35. The van der Waals surface area contributed by atoms with Gasteiger partial charge in [-0.3, -0.25) is 0 Å². The van der Waals surface area contributed by atoms with Crippen molar-refractivity contribution in [3.63, 3.8) is 0 Å². The first-order chi connectivity index (χ1) is 8.65. The number of nitrogens with one attached hydrogen (secondary N) is 1. The lowest BCUT2D eigenvalue weighted by atomic mass is 10.2. The average molecular weight is 266 g/mol. The van der Waals surface area contributed by atoms with Gasteiger partial charge in [0.15, 0.2) is 0 Å². The molecule has 0 bridgehead atoms. The number of aryl methyl sites for hydroxylation is 1. The Hall–Kier alpha value is -1.52. The van der Waals surface area contributed by atoms with Gasteiger partial charge in [0.2, 0.25) is 0 Å². The van der Waals surface area contributed by atoms with Gasteiger partial charge < -0.3 is 5.32 Å². The molecule has 0 radical (unpaired) electrons. The van der Waals surface area contributed by atoms with Crippen LogP contribution in [0.4, 0.5) is 4.39 Å². The number of benzene rings is 1. The molecule has 5 heteroatoms. The van der Waals surface area contributed by atoms with Crippen molar-refractivity contribution in [2.75, 3.05) is 0 Å². The van der Waals surface area contributed by atoms with E-state index in [9.17, 15) is 4.39 Å². The standard InChI is InChI=1S/C13H13ClFN3/c1-9-17-5-4-11(18-9)8-16-7-10-2-3-13(15)12(14)6-10/h2-6,16H,7-8H2,1H3. The first-order valence-electron chi connectivity index (χ1n) is 5.58. The van der Waals surface area contributed by atoms with Crippen molar-refractivity contribution >= 4 is 11.6 Å². The van der Waals surface area contributed by atoms with Crippen LogP contribution in [-0.4, -0.2) is 9.97 Å². The summed E-state index contributed by atoms with van der Waals surface area (Å²) in [5, 5.41) is 3.37. The van der Waals surface area contributed by atoms with E-state index in [2.05, 4.69) is 15.3 Å². The van der Waals surface area contributed by atoms with Crippen LogP contribution in [0.15, 0.2) is 30.5 Å². The van der Waals surface area contributed by atoms with Gasteiger partial charge >= 0.3 is 0 Å². The SMILES string of the molecule is Cc1nccc(CNCc2ccc(F)c(Cl)c2)n1. The maximum Gasteiger partial charge on any atom is 0.141 e. The smallest absolute Gasteiger partial charge is 0.141 e. The fraction of sp³-hybridized carbons (Fsp3) is 0.231. The highest BCUT2D eigenvalue weighted by Crippen LogP contribution is 2.15. The van der Waals surface area contributed by atoms with Gasteiger partial charge in [-0.2, -0.15) is 0 Å². The Kier molecular flexibility index (Phi) is 4.23. The molecular formula is C13H13ClFN3. The molecule has 0 saturated heterocycles. The molecule has 0 saturated carbocycles. The largest absolute Gasteiger partial charge is 0.307 e. The van der Waals surface area contributed by atoms with Gasteiger partial charge in [0.1, 0.15) is 11.6 Å². The Balaban J connectivity index is 1.90. The normalized spacial score (nSPS) is 10.6. The maximum atomic E-state index is 13.0. The van der Waals surface area contributed by atoms with Crippen molar-refractivity contribution in [1.29, 1.82) is 0 Å². The summed E-state index contributed by atoms with van der Waals surface area (Å²) < 4.78 is 13.0. The van der Waals surface area contributed by atoms with Crippen molar-refractivity contribution < 1.29 is 4.39 Å². The summed E-state index contributed by atoms with van der Waals surface area (Å²) >= 11 is 5.71. The molecule has 2 aromatic rings. The maximum absolute atomic E-state index is 13.0. The predicted molar refractivity (Wildman–Crippen MR) is 68.7 cm³/mol. The molecule has 0 spiro atoms. The van der Waals surface area contributed by atoms with E-state index >= 15 is 0 Å². The van der Waals surface area contributed by atoms with Crippen LogP contribution in [-0.2, 0) is 13.1 Å². The molecule has 18 heavy (non-hydrogen) atoms. The first kappa shape index (κ1) is 12.9. The number of aromatic nitrogens is 2. The van der Waals surface area contributed by atoms with Crippen molar-refractivity contribution in [3.8, 4) is 0 Å². The molecule has 0 fully saturated rings. The van der Waals surface area contributed by atoms with Crippen molar-refractivity contribution in [2.45, 2.75) is 20.0 Å². The molecule has 2 rings (SSSR count). The lowest BCUT2D eigenvalue weighted by Crippen LogP contribution is -2.14. The summed E-state index contributed by atoms with van der Waals surface area (Å²) in [5.41, 5.74) is 1.86. The molecule has 1 aromatic carbocycles. The minimum Gasteiger partial charge on any atom is -0.307 e. The van der Waals surface area contributed by atoms with E-state index in [1.54, 1.807) is 18.3 Å². The molecule has 1 N–H and O–H groups in total. The summed E-state index contributed by atoms with van der Waals surface area (Å²) in [7, 11) is 0. The Morgan fingerprint density at radius 1 is 1.28 bits per heavy atom. The van der Waals surface area contributed by atoms with E-state index in [0.29, 0.717) is 13.1 Å². The van der Waals surface area contributed by atoms with Crippen LogP contribution in [0.5, 0.6) is 0 Å². The summed E-state index contributed by atoms with van der Waals surface area (Å²) in [6.07, 6.45) is 1.73. The monoisotopic (exact) mass is 265 g/mol. The zero-order chi connectivity index (χ0) is 13.0. The molecule has 1 heterocycles. The molecule has 0 aliphatic carbocycles. The van der Waals surface area contributed by atoms with Gasteiger partial charge in [0.25, 0.3) is 0 Å². The van der Waals surface area contributed by atoms with E-state index in [1.807, 2.05) is 13.0 Å². The van der Waals surface area contributed by atoms with Gasteiger partial charge in [0.05, 0.1) is 10.7 Å². The highest BCUT2D eigenvalue weighted by Gasteiger charge is 2.01. The lowest BCUT2D eigenvalue weighted by molar-refractivity contribution is 0.624. The molecule has 0 aliphatic heterocycles.